The van der Waals surface area contributed by atoms with Crippen LogP contribution >= 0.6 is 11.6 Å². The highest BCUT2D eigenvalue weighted by Gasteiger charge is 2.32. The molecule has 1 heterocycles. The Bertz CT molecular complexity index is 935. The number of halogens is 2. The van der Waals surface area contributed by atoms with Crippen molar-refractivity contribution in [2.24, 2.45) is 5.92 Å². The fourth-order valence-electron chi connectivity index (χ4n) is 3.27. The molecule has 1 aliphatic rings. The molecule has 0 radical (unpaired) electrons. The van der Waals surface area contributed by atoms with E-state index in [4.69, 9.17) is 11.6 Å². The largest absolute Gasteiger partial charge is 0.352 e. The maximum absolute atomic E-state index is 13.0. The van der Waals surface area contributed by atoms with Crippen molar-refractivity contribution in [2.75, 3.05) is 13.1 Å². The molecule has 5 nitrogen and oxygen atoms in total. The molecule has 0 spiro atoms. The number of carbonyl (C=O) groups excluding carboxylic acids is 1. The zero-order valence-corrected chi connectivity index (χ0v) is 16.8. The van der Waals surface area contributed by atoms with E-state index in [0.717, 1.165) is 5.56 Å². The molecule has 1 amide bonds. The Kier molecular flexibility index (Phi) is 6.69. The molecule has 8 heteroatoms. The molecule has 1 atom stereocenters. The number of benzene rings is 2. The topological polar surface area (TPSA) is 66.5 Å². The fourth-order valence-corrected chi connectivity index (χ4v) is 5.08. The number of carbonyl (C=O) groups is 1. The summed E-state index contributed by atoms with van der Waals surface area (Å²) in [6.07, 6.45) is 1.27. The molecule has 2 aromatic carbocycles. The number of sulfonamides is 1. The fraction of sp³-hybridized carbons (Fsp3) is 0.350. The lowest BCUT2D eigenvalue weighted by molar-refractivity contribution is -0.126. The van der Waals surface area contributed by atoms with Gasteiger partial charge in [0.15, 0.2) is 0 Å². The van der Waals surface area contributed by atoms with Crippen molar-refractivity contribution in [1.29, 1.82) is 0 Å². The van der Waals surface area contributed by atoms with Gasteiger partial charge in [-0.15, -0.1) is 0 Å². The summed E-state index contributed by atoms with van der Waals surface area (Å²) in [6.45, 7) is 0.855. The van der Waals surface area contributed by atoms with Gasteiger partial charge >= 0.3 is 0 Å². The van der Waals surface area contributed by atoms with Crippen LogP contribution in [-0.2, 0) is 27.1 Å². The van der Waals surface area contributed by atoms with Crippen molar-refractivity contribution in [3.05, 3.63) is 70.5 Å². The number of hydrogen-bond acceptors (Lipinski definition) is 3. The lowest BCUT2D eigenvalue weighted by Gasteiger charge is -2.31. The first-order valence-corrected chi connectivity index (χ1v) is 11.1. The first-order valence-electron chi connectivity index (χ1n) is 9.08. The molecule has 1 fully saturated rings. The Morgan fingerprint density at radius 1 is 1.18 bits per heavy atom. The summed E-state index contributed by atoms with van der Waals surface area (Å²) in [5, 5.41) is 3.31. The van der Waals surface area contributed by atoms with E-state index in [2.05, 4.69) is 5.32 Å². The van der Waals surface area contributed by atoms with Gasteiger partial charge in [0.2, 0.25) is 15.9 Å². The molecule has 0 aliphatic carbocycles. The number of rotatable bonds is 6. The minimum absolute atomic E-state index is 0.141. The first-order chi connectivity index (χ1) is 13.3. The Morgan fingerprint density at radius 3 is 2.64 bits per heavy atom. The van der Waals surface area contributed by atoms with Crippen molar-refractivity contribution in [1.82, 2.24) is 9.62 Å². The monoisotopic (exact) mass is 424 g/mol. The molecule has 1 N–H and O–H groups in total. The van der Waals surface area contributed by atoms with E-state index >= 15 is 0 Å². The van der Waals surface area contributed by atoms with Gasteiger partial charge in [-0.2, -0.15) is 0 Å². The third-order valence-electron chi connectivity index (χ3n) is 4.77. The molecule has 1 saturated heterocycles. The number of amides is 1. The van der Waals surface area contributed by atoms with Crippen LogP contribution in [0, 0.1) is 11.7 Å². The second-order valence-electron chi connectivity index (χ2n) is 6.93. The quantitative estimate of drug-likeness (QED) is 0.773. The van der Waals surface area contributed by atoms with Crippen LogP contribution in [0.25, 0.3) is 0 Å². The van der Waals surface area contributed by atoms with E-state index in [9.17, 15) is 17.6 Å². The van der Waals surface area contributed by atoms with Crippen molar-refractivity contribution < 1.29 is 17.6 Å². The van der Waals surface area contributed by atoms with Crippen LogP contribution in [0.5, 0.6) is 0 Å². The zero-order chi connectivity index (χ0) is 20.1. The highest BCUT2D eigenvalue weighted by molar-refractivity contribution is 7.88. The molecule has 28 heavy (non-hydrogen) atoms. The molecular weight excluding hydrogens is 403 g/mol. The predicted octanol–water partition coefficient (Wildman–Crippen LogP) is 3.34. The molecule has 2 aromatic rings. The molecular formula is C20H22ClFN2O3S. The summed E-state index contributed by atoms with van der Waals surface area (Å²) in [5.41, 5.74) is 1.41. The van der Waals surface area contributed by atoms with Crippen molar-refractivity contribution in [3.63, 3.8) is 0 Å². The van der Waals surface area contributed by atoms with Crippen LogP contribution in [0.4, 0.5) is 4.39 Å². The molecule has 150 valence electrons. The van der Waals surface area contributed by atoms with Gasteiger partial charge < -0.3 is 5.32 Å². The van der Waals surface area contributed by atoms with Gasteiger partial charge in [-0.25, -0.2) is 17.1 Å². The normalized spacial score (nSPS) is 18.0. The first kappa shape index (κ1) is 20.8. The molecule has 0 bridgehead atoms. The van der Waals surface area contributed by atoms with Gasteiger partial charge in [0.25, 0.3) is 0 Å². The number of hydrogen-bond donors (Lipinski definition) is 1. The lowest BCUT2D eigenvalue weighted by atomic mass is 9.99. The average molecular weight is 425 g/mol. The Balaban J connectivity index is 1.59. The van der Waals surface area contributed by atoms with Crippen LogP contribution in [0.3, 0.4) is 0 Å². The van der Waals surface area contributed by atoms with Gasteiger partial charge in [-0.1, -0.05) is 35.9 Å². The van der Waals surface area contributed by atoms with Crippen LogP contribution in [0.2, 0.25) is 5.02 Å². The third-order valence-corrected chi connectivity index (χ3v) is 6.82. The van der Waals surface area contributed by atoms with Crippen molar-refractivity contribution in [2.45, 2.75) is 25.1 Å². The standard InChI is InChI=1S/C20H22ClFN2O3S/c21-18-5-1-3-16(11-18)14-28(26,27)24-10-2-4-17(13-24)20(25)23-12-15-6-8-19(22)9-7-15/h1,3,5-9,11,17H,2,4,10,12-14H2,(H,23,25)/t17-/m0/s1. The minimum atomic E-state index is -3.54. The van der Waals surface area contributed by atoms with Gasteiger partial charge in [0.05, 0.1) is 11.7 Å². The summed E-state index contributed by atoms with van der Waals surface area (Å²) in [6, 6.07) is 12.7. The van der Waals surface area contributed by atoms with Crippen LogP contribution in [-0.4, -0.2) is 31.7 Å². The van der Waals surface area contributed by atoms with E-state index in [1.54, 1.807) is 36.4 Å². The predicted molar refractivity (Wildman–Crippen MR) is 107 cm³/mol. The smallest absolute Gasteiger partial charge is 0.224 e. The summed E-state index contributed by atoms with van der Waals surface area (Å²) in [7, 11) is -3.54. The highest BCUT2D eigenvalue weighted by Crippen LogP contribution is 2.22. The summed E-state index contributed by atoms with van der Waals surface area (Å²) < 4.78 is 39.9. The molecule has 0 aromatic heterocycles. The van der Waals surface area contributed by atoms with E-state index in [1.807, 2.05) is 0 Å². The van der Waals surface area contributed by atoms with Gasteiger partial charge in [-0.3, -0.25) is 4.79 Å². The van der Waals surface area contributed by atoms with Gasteiger partial charge in [0, 0.05) is 24.7 Å². The number of piperidine rings is 1. The molecule has 0 unspecified atom stereocenters. The SMILES string of the molecule is O=C(NCc1ccc(F)cc1)[C@H]1CCCN(S(=O)(=O)Cc2cccc(Cl)c2)C1. The zero-order valence-electron chi connectivity index (χ0n) is 15.3. The van der Waals surface area contributed by atoms with E-state index < -0.39 is 15.9 Å². The maximum Gasteiger partial charge on any atom is 0.224 e. The average Bonchev–Trinajstić information content (AvgIpc) is 2.67. The van der Waals surface area contributed by atoms with Gasteiger partial charge in [0.1, 0.15) is 5.82 Å². The highest BCUT2D eigenvalue weighted by atomic mass is 35.5. The second-order valence-corrected chi connectivity index (χ2v) is 9.33. The van der Waals surface area contributed by atoms with Crippen molar-refractivity contribution >= 4 is 27.5 Å². The second kappa shape index (κ2) is 9.03. The van der Waals surface area contributed by atoms with Crippen LogP contribution < -0.4 is 5.32 Å². The van der Waals surface area contributed by atoms with Crippen LogP contribution in [0.1, 0.15) is 24.0 Å². The van der Waals surface area contributed by atoms with E-state index in [-0.39, 0.29) is 30.6 Å². The molecule has 3 rings (SSSR count). The maximum atomic E-state index is 13.0. The summed E-state index contributed by atoms with van der Waals surface area (Å²) >= 11 is 5.94. The lowest BCUT2D eigenvalue weighted by Crippen LogP contribution is -2.45. The van der Waals surface area contributed by atoms with E-state index in [0.29, 0.717) is 30.0 Å². The van der Waals surface area contributed by atoms with E-state index in [1.165, 1.54) is 16.4 Å². The number of nitrogens with one attached hydrogen (secondary N) is 1. The molecule has 1 aliphatic heterocycles. The summed E-state index contributed by atoms with van der Waals surface area (Å²) in [4.78, 5) is 12.5. The Morgan fingerprint density at radius 2 is 1.93 bits per heavy atom. The third kappa shape index (κ3) is 5.53. The Hall–Kier alpha value is -1.96. The van der Waals surface area contributed by atoms with Gasteiger partial charge in [-0.05, 0) is 48.2 Å². The van der Waals surface area contributed by atoms with Crippen LogP contribution in [0.15, 0.2) is 48.5 Å². The number of nitrogens with zero attached hydrogens (tertiary/aromatic N) is 1. The van der Waals surface area contributed by atoms with Crippen molar-refractivity contribution in [3.8, 4) is 0 Å². The Labute approximate surface area is 169 Å². The minimum Gasteiger partial charge on any atom is -0.352 e. The molecule has 0 saturated carbocycles. The summed E-state index contributed by atoms with van der Waals surface area (Å²) in [5.74, 6) is -1.06.